The van der Waals surface area contributed by atoms with Crippen molar-refractivity contribution in [3.63, 3.8) is 0 Å². The molecule has 0 aliphatic heterocycles. The molecule has 3 heterocycles. The fourth-order valence-electron chi connectivity index (χ4n) is 3.05. The summed E-state index contributed by atoms with van der Waals surface area (Å²) < 4.78 is 3.14. The Morgan fingerprint density at radius 2 is 2.24 bits per heavy atom. The molecule has 0 bridgehead atoms. The van der Waals surface area contributed by atoms with Crippen molar-refractivity contribution in [2.45, 2.75) is 26.3 Å². The number of rotatable bonds is 8. The number of aryl methyl sites for hydroxylation is 2. The SMILES string of the molecule is CCc1ccc2nc(N(CCCn3ccnc3)C(=O)/C=C/c3cccs3)sc2c1. The second-order valence-corrected chi connectivity index (χ2v) is 8.63. The van der Waals surface area contributed by atoms with Crippen LogP contribution in [-0.4, -0.2) is 27.0 Å². The van der Waals surface area contributed by atoms with Gasteiger partial charge in [0.05, 0.1) is 16.5 Å². The molecule has 29 heavy (non-hydrogen) atoms. The van der Waals surface area contributed by atoms with Gasteiger partial charge >= 0.3 is 0 Å². The fraction of sp³-hybridized carbons (Fsp3) is 0.227. The zero-order valence-corrected chi connectivity index (χ0v) is 17.8. The van der Waals surface area contributed by atoms with E-state index in [1.807, 2.05) is 40.4 Å². The number of anilines is 1. The number of hydrogen-bond donors (Lipinski definition) is 0. The lowest BCUT2D eigenvalue weighted by molar-refractivity contribution is -0.114. The Labute approximate surface area is 178 Å². The Hall–Kier alpha value is -2.77. The molecule has 0 aliphatic rings. The zero-order chi connectivity index (χ0) is 20.1. The van der Waals surface area contributed by atoms with Gasteiger partial charge in [0.1, 0.15) is 0 Å². The Bertz CT molecular complexity index is 1100. The summed E-state index contributed by atoms with van der Waals surface area (Å²) in [5, 5.41) is 2.76. The van der Waals surface area contributed by atoms with E-state index in [0.29, 0.717) is 6.54 Å². The number of imidazole rings is 1. The van der Waals surface area contributed by atoms with Crippen molar-refractivity contribution in [1.29, 1.82) is 0 Å². The van der Waals surface area contributed by atoms with Gasteiger partial charge in [-0.05, 0) is 48.1 Å². The van der Waals surface area contributed by atoms with Gasteiger partial charge in [-0.25, -0.2) is 9.97 Å². The topological polar surface area (TPSA) is 51.0 Å². The monoisotopic (exact) mass is 422 g/mol. The molecule has 4 aromatic rings. The van der Waals surface area contributed by atoms with E-state index < -0.39 is 0 Å². The third-order valence-electron chi connectivity index (χ3n) is 4.64. The molecule has 7 heteroatoms. The minimum absolute atomic E-state index is 0.0428. The van der Waals surface area contributed by atoms with Crippen LogP contribution in [0.3, 0.4) is 0 Å². The molecule has 0 fully saturated rings. The number of aromatic nitrogens is 3. The van der Waals surface area contributed by atoms with Gasteiger partial charge in [-0.1, -0.05) is 30.4 Å². The van der Waals surface area contributed by atoms with E-state index in [4.69, 9.17) is 4.98 Å². The lowest BCUT2D eigenvalue weighted by atomic mass is 10.2. The second kappa shape index (κ2) is 9.15. The maximum atomic E-state index is 13.0. The largest absolute Gasteiger partial charge is 0.337 e. The summed E-state index contributed by atoms with van der Waals surface area (Å²) in [7, 11) is 0. The predicted octanol–water partition coefficient (Wildman–Crippen LogP) is 5.25. The highest BCUT2D eigenvalue weighted by Gasteiger charge is 2.18. The quantitative estimate of drug-likeness (QED) is 0.364. The standard InChI is InChI=1S/C22H22N4OS2/c1-2-17-6-8-19-20(15-17)29-22(24-19)26(12-4-11-25-13-10-23-16-25)21(27)9-7-18-5-3-14-28-18/h3,5-10,13-16H,2,4,11-12H2,1H3/b9-7+. The third kappa shape index (κ3) is 4.81. The predicted molar refractivity (Wildman–Crippen MR) is 122 cm³/mol. The van der Waals surface area contributed by atoms with Crippen LogP contribution in [0.15, 0.2) is 60.5 Å². The van der Waals surface area contributed by atoms with Gasteiger partial charge in [-0.15, -0.1) is 11.3 Å². The number of fused-ring (bicyclic) bond motifs is 1. The van der Waals surface area contributed by atoms with Crippen LogP contribution in [0.4, 0.5) is 5.13 Å². The van der Waals surface area contributed by atoms with Crippen LogP contribution in [0.1, 0.15) is 23.8 Å². The van der Waals surface area contributed by atoms with Gasteiger partial charge in [0.25, 0.3) is 5.91 Å². The van der Waals surface area contributed by atoms with Crippen molar-refractivity contribution in [3.05, 3.63) is 70.9 Å². The lowest BCUT2D eigenvalue weighted by Gasteiger charge is -2.18. The Morgan fingerprint density at radius 1 is 1.31 bits per heavy atom. The maximum absolute atomic E-state index is 13.0. The van der Waals surface area contributed by atoms with Crippen LogP contribution in [0.5, 0.6) is 0 Å². The molecule has 3 aromatic heterocycles. The molecule has 1 amide bonds. The minimum atomic E-state index is -0.0428. The molecule has 1 aromatic carbocycles. The molecule has 0 saturated carbocycles. The molecule has 0 N–H and O–H groups in total. The third-order valence-corrected chi connectivity index (χ3v) is 6.52. The van der Waals surface area contributed by atoms with Crippen molar-refractivity contribution in [1.82, 2.24) is 14.5 Å². The van der Waals surface area contributed by atoms with Crippen molar-refractivity contribution in [3.8, 4) is 0 Å². The molecule has 148 valence electrons. The molecule has 4 rings (SSSR count). The summed E-state index contributed by atoms with van der Waals surface area (Å²) in [6.45, 7) is 3.56. The maximum Gasteiger partial charge on any atom is 0.252 e. The summed E-state index contributed by atoms with van der Waals surface area (Å²) in [6.07, 6.45) is 10.8. The van der Waals surface area contributed by atoms with Crippen molar-refractivity contribution < 1.29 is 4.79 Å². The van der Waals surface area contributed by atoms with E-state index in [0.717, 1.165) is 39.6 Å². The van der Waals surface area contributed by atoms with E-state index in [2.05, 4.69) is 24.0 Å². The molecular weight excluding hydrogens is 400 g/mol. The number of benzene rings is 1. The number of carbonyl (C=O) groups is 1. The van der Waals surface area contributed by atoms with Crippen LogP contribution in [0, 0.1) is 0 Å². The Balaban J connectivity index is 1.57. The molecule has 5 nitrogen and oxygen atoms in total. The van der Waals surface area contributed by atoms with Crippen molar-refractivity contribution in [2.24, 2.45) is 0 Å². The van der Waals surface area contributed by atoms with E-state index >= 15 is 0 Å². The molecule has 0 radical (unpaired) electrons. The molecule has 0 atom stereocenters. The second-order valence-electron chi connectivity index (χ2n) is 6.64. The first kappa shape index (κ1) is 19.5. The summed E-state index contributed by atoms with van der Waals surface area (Å²) >= 11 is 3.19. The summed E-state index contributed by atoms with van der Waals surface area (Å²) in [5.74, 6) is -0.0428. The number of hydrogen-bond acceptors (Lipinski definition) is 5. The van der Waals surface area contributed by atoms with Crippen LogP contribution in [0.2, 0.25) is 0 Å². The van der Waals surface area contributed by atoms with Crippen molar-refractivity contribution in [2.75, 3.05) is 11.4 Å². The number of thiophene rings is 1. The Kier molecular flexibility index (Phi) is 6.17. The zero-order valence-electron chi connectivity index (χ0n) is 16.2. The number of nitrogens with zero attached hydrogens (tertiary/aromatic N) is 4. The van der Waals surface area contributed by atoms with Gasteiger partial charge in [0, 0.05) is 36.4 Å². The van der Waals surface area contributed by atoms with Crippen LogP contribution in [-0.2, 0) is 17.8 Å². The van der Waals surface area contributed by atoms with E-state index in [1.54, 1.807) is 46.2 Å². The number of carbonyl (C=O) groups excluding carboxylic acids is 1. The molecule has 0 aliphatic carbocycles. The first-order valence-corrected chi connectivity index (χ1v) is 11.3. The average molecular weight is 423 g/mol. The summed E-state index contributed by atoms with van der Waals surface area (Å²) in [4.78, 5) is 24.7. The van der Waals surface area contributed by atoms with Crippen LogP contribution >= 0.6 is 22.7 Å². The number of thiazole rings is 1. The summed E-state index contributed by atoms with van der Waals surface area (Å²) in [5.41, 5.74) is 2.22. The normalized spacial score (nSPS) is 11.5. The number of amides is 1. The minimum Gasteiger partial charge on any atom is -0.337 e. The smallest absolute Gasteiger partial charge is 0.252 e. The highest BCUT2D eigenvalue weighted by Crippen LogP contribution is 2.30. The van der Waals surface area contributed by atoms with E-state index in [1.165, 1.54) is 5.56 Å². The van der Waals surface area contributed by atoms with Gasteiger partial charge in [0.15, 0.2) is 5.13 Å². The van der Waals surface area contributed by atoms with Crippen LogP contribution < -0.4 is 4.90 Å². The first-order valence-electron chi connectivity index (χ1n) is 9.61. The summed E-state index contributed by atoms with van der Waals surface area (Å²) in [6, 6.07) is 10.3. The fourth-order valence-corrected chi connectivity index (χ4v) is 4.73. The van der Waals surface area contributed by atoms with E-state index in [-0.39, 0.29) is 5.91 Å². The van der Waals surface area contributed by atoms with Crippen LogP contribution in [0.25, 0.3) is 16.3 Å². The Morgan fingerprint density at radius 3 is 3.00 bits per heavy atom. The van der Waals surface area contributed by atoms with Gasteiger partial charge < -0.3 is 4.57 Å². The molecule has 0 spiro atoms. The lowest BCUT2D eigenvalue weighted by Crippen LogP contribution is -2.30. The van der Waals surface area contributed by atoms with E-state index in [9.17, 15) is 4.79 Å². The average Bonchev–Trinajstić information content (AvgIpc) is 3.50. The molecule has 0 unspecified atom stereocenters. The van der Waals surface area contributed by atoms with Gasteiger partial charge in [0.2, 0.25) is 0 Å². The van der Waals surface area contributed by atoms with Crippen molar-refractivity contribution >= 4 is 50.0 Å². The highest BCUT2D eigenvalue weighted by molar-refractivity contribution is 7.22. The highest BCUT2D eigenvalue weighted by atomic mass is 32.1. The molecule has 0 saturated heterocycles. The first-order chi connectivity index (χ1) is 14.2. The van der Waals surface area contributed by atoms with Gasteiger partial charge in [-0.3, -0.25) is 9.69 Å². The molecular formula is C22H22N4OS2. The van der Waals surface area contributed by atoms with Gasteiger partial charge in [-0.2, -0.15) is 0 Å².